The van der Waals surface area contributed by atoms with Crippen LogP contribution in [0.5, 0.6) is 5.75 Å². The molecule has 8 heteroatoms. The van der Waals surface area contributed by atoms with Gasteiger partial charge in [-0.25, -0.2) is 4.72 Å². The zero-order valence-corrected chi connectivity index (χ0v) is 15.6. The van der Waals surface area contributed by atoms with Crippen molar-refractivity contribution in [1.82, 2.24) is 13.9 Å². The molecule has 0 amide bonds. The van der Waals surface area contributed by atoms with Gasteiger partial charge in [0, 0.05) is 32.6 Å². The summed E-state index contributed by atoms with van der Waals surface area (Å²) in [6, 6.07) is 9.67. The van der Waals surface area contributed by atoms with Gasteiger partial charge < -0.3 is 4.74 Å². The molecule has 0 aliphatic carbocycles. The van der Waals surface area contributed by atoms with Gasteiger partial charge in [0.05, 0.1) is 13.2 Å². The molecule has 1 heterocycles. The number of ether oxygens (including phenoxy) is 1. The summed E-state index contributed by atoms with van der Waals surface area (Å²) in [5.74, 6) is 0.760. The van der Waals surface area contributed by atoms with Crippen LogP contribution in [-0.4, -0.2) is 58.0 Å². The molecule has 1 aliphatic heterocycles. The van der Waals surface area contributed by atoms with Crippen molar-refractivity contribution in [3.63, 3.8) is 0 Å². The molecule has 0 spiro atoms. The van der Waals surface area contributed by atoms with E-state index in [4.69, 9.17) is 10.00 Å². The second-order valence-electron chi connectivity index (χ2n) is 6.12. The largest absolute Gasteiger partial charge is 0.497 e. The fraction of sp³-hybridized carbons (Fsp3) is 0.588. The number of hydrogen-bond acceptors (Lipinski definition) is 5. The minimum Gasteiger partial charge on any atom is -0.497 e. The van der Waals surface area contributed by atoms with Crippen molar-refractivity contribution in [2.24, 2.45) is 0 Å². The van der Waals surface area contributed by atoms with Gasteiger partial charge in [0.2, 0.25) is 0 Å². The molecule has 25 heavy (non-hydrogen) atoms. The fourth-order valence-electron chi connectivity index (χ4n) is 2.98. The number of likely N-dealkylation sites (tertiary alicyclic amines) is 1. The zero-order valence-electron chi connectivity index (χ0n) is 14.8. The average Bonchev–Trinajstić information content (AvgIpc) is 3.14. The minimum absolute atomic E-state index is 0.0447. The predicted molar refractivity (Wildman–Crippen MR) is 96.3 cm³/mol. The Morgan fingerprint density at radius 1 is 1.40 bits per heavy atom. The third-order valence-electron chi connectivity index (χ3n) is 4.47. The molecule has 1 aromatic rings. The highest BCUT2D eigenvalue weighted by atomic mass is 32.2. The van der Waals surface area contributed by atoms with E-state index in [1.807, 2.05) is 30.3 Å². The molecule has 138 valence electrons. The molecular formula is C17H26N4O3S. The number of methoxy groups -OCH3 is 1. The molecule has 1 unspecified atom stereocenters. The van der Waals surface area contributed by atoms with Crippen molar-refractivity contribution in [2.45, 2.75) is 25.3 Å². The van der Waals surface area contributed by atoms with Crippen molar-refractivity contribution in [3.05, 3.63) is 29.8 Å². The van der Waals surface area contributed by atoms with Crippen LogP contribution in [0.2, 0.25) is 0 Å². The lowest BCUT2D eigenvalue weighted by Crippen LogP contribution is -2.43. The highest BCUT2D eigenvalue weighted by Gasteiger charge is 2.26. The predicted octanol–water partition coefficient (Wildman–Crippen LogP) is 1.51. The quantitative estimate of drug-likeness (QED) is 0.716. The Labute approximate surface area is 150 Å². The Kier molecular flexibility index (Phi) is 7.20. The zero-order chi connectivity index (χ0) is 18.3. The van der Waals surface area contributed by atoms with Crippen LogP contribution >= 0.6 is 0 Å². The standard InChI is InChI=1S/C17H26N4O3S/c1-20(10-6-9-18)25(22,23)19-14-17(21-11-3-4-12-21)15-7-5-8-16(13-15)24-2/h5,7-8,13,17,19H,3-4,6,10-12,14H2,1-2H3. The Bertz CT molecular complexity index is 696. The molecule has 1 N–H and O–H groups in total. The third-order valence-corrected chi connectivity index (χ3v) is 6.00. The summed E-state index contributed by atoms with van der Waals surface area (Å²) in [4.78, 5) is 2.30. The lowest BCUT2D eigenvalue weighted by atomic mass is 10.1. The third kappa shape index (κ3) is 5.41. The first-order valence-electron chi connectivity index (χ1n) is 8.44. The highest BCUT2D eigenvalue weighted by Crippen LogP contribution is 2.27. The lowest BCUT2D eigenvalue weighted by molar-refractivity contribution is 0.245. The normalized spacial score (nSPS) is 16.7. The second kappa shape index (κ2) is 9.15. The number of nitrogens with one attached hydrogen (secondary N) is 1. The summed E-state index contributed by atoms with van der Waals surface area (Å²) in [6.07, 6.45) is 2.41. The van der Waals surface area contributed by atoms with Crippen molar-refractivity contribution < 1.29 is 13.2 Å². The molecule has 0 aromatic heterocycles. The highest BCUT2D eigenvalue weighted by molar-refractivity contribution is 7.87. The van der Waals surface area contributed by atoms with Crippen molar-refractivity contribution in [3.8, 4) is 11.8 Å². The van der Waals surface area contributed by atoms with Gasteiger partial charge in [0.15, 0.2) is 0 Å². The number of nitrogens with zero attached hydrogens (tertiary/aromatic N) is 3. The lowest BCUT2D eigenvalue weighted by Gasteiger charge is -2.29. The maximum atomic E-state index is 12.4. The molecule has 1 saturated heterocycles. The Morgan fingerprint density at radius 2 is 2.12 bits per heavy atom. The van der Waals surface area contributed by atoms with Crippen molar-refractivity contribution >= 4 is 10.2 Å². The first-order chi connectivity index (χ1) is 12.0. The van der Waals surface area contributed by atoms with Crippen molar-refractivity contribution in [1.29, 1.82) is 5.26 Å². The molecule has 0 bridgehead atoms. The Morgan fingerprint density at radius 3 is 2.76 bits per heavy atom. The van der Waals surface area contributed by atoms with Crippen LogP contribution in [0.3, 0.4) is 0 Å². The summed E-state index contributed by atoms with van der Waals surface area (Å²) >= 11 is 0. The van der Waals surface area contributed by atoms with E-state index in [-0.39, 0.29) is 25.6 Å². The average molecular weight is 366 g/mol. The molecule has 0 radical (unpaired) electrons. The van der Waals surface area contributed by atoms with E-state index in [1.165, 1.54) is 11.4 Å². The summed E-state index contributed by atoms with van der Waals surface area (Å²) in [5, 5.41) is 8.63. The molecule has 1 atom stereocenters. The smallest absolute Gasteiger partial charge is 0.279 e. The van der Waals surface area contributed by atoms with Gasteiger partial charge in [-0.15, -0.1) is 0 Å². The summed E-state index contributed by atoms with van der Waals surface area (Å²) in [7, 11) is -0.502. The van der Waals surface area contributed by atoms with E-state index in [1.54, 1.807) is 7.11 Å². The Hall–Kier alpha value is -1.66. The number of benzene rings is 1. The van der Waals surface area contributed by atoms with Crippen molar-refractivity contribution in [2.75, 3.05) is 40.3 Å². The van der Waals surface area contributed by atoms with Gasteiger partial charge >= 0.3 is 0 Å². The molecule has 1 fully saturated rings. The number of nitriles is 1. The van der Waals surface area contributed by atoms with Crippen LogP contribution in [0.25, 0.3) is 0 Å². The monoisotopic (exact) mass is 366 g/mol. The van der Waals surface area contributed by atoms with Crippen LogP contribution in [0.15, 0.2) is 24.3 Å². The van der Waals surface area contributed by atoms with Gasteiger partial charge in [-0.2, -0.15) is 18.0 Å². The molecule has 1 aromatic carbocycles. The van der Waals surface area contributed by atoms with Crippen LogP contribution < -0.4 is 9.46 Å². The maximum absolute atomic E-state index is 12.4. The fourth-order valence-corrected chi connectivity index (χ4v) is 3.90. The van der Waals surface area contributed by atoms with Gasteiger partial charge in [-0.3, -0.25) is 4.90 Å². The van der Waals surface area contributed by atoms with Gasteiger partial charge in [0.1, 0.15) is 5.75 Å². The van der Waals surface area contributed by atoms with Gasteiger partial charge in [0.25, 0.3) is 10.2 Å². The molecule has 7 nitrogen and oxygen atoms in total. The number of rotatable bonds is 9. The van der Waals surface area contributed by atoms with E-state index in [0.717, 1.165) is 37.2 Å². The summed E-state index contributed by atoms with van der Waals surface area (Å²) < 4.78 is 33.9. The van der Waals surface area contributed by atoms with E-state index in [0.29, 0.717) is 0 Å². The Balaban J connectivity index is 2.12. The van der Waals surface area contributed by atoms with Crippen LogP contribution in [0.1, 0.15) is 30.9 Å². The summed E-state index contributed by atoms with van der Waals surface area (Å²) in [6.45, 7) is 2.37. The van der Waals surface area contributed by atoms with Gasteiger partial charge in [-0.05, 0) is 43.6 Å². The van der Waals surface area contributed by atoms with E-state index in [2.05, 4.69) is 9.62 Å². The topological polar surface area (TPSA) is 85.7 Å². The molecule has 1 aliphatic rings. The van der Waals surface area contributed by atoms with Crippen LogP contribution in [0, 0.1) is 11.3 Å². The minimum atomic E-state index is -3.61. The van der Waals surface area contributed by atoms with E-state index < -0.39 is 10.2 Å². The maximum Gasteiger partial charge on any atom is 0.279 e. The first kappa shape index (κ1) is 19.7. The molecule has 2 rings (SSSR count). The van der Waals surface area contributed by atoms with Gasteiger partial charge in [-0.1, -0.05) is 12.1 Å². The summed E-state index contributed by atoms with van der Waals surface area (Å²) in [5.41, 5.74) is 1.03. The first-order valence-corrected chi connectivity index (χ1v) is 9.88. The van der Waals surface area contributed by atoms with E-state index in [9.17, 15) is 8.42 Å². The second-order valence-corrected chi connectivity index (χ2v) is 7.98. The molecular weight excluding hydrogens is 340 g/mol. The van der Waals surface area contributed by atoms with Crippen LogP contribution in [0.4, 0.5) is 0 Å². The van der Waals surface area contributed by atoms with Crippen LogP contribution in [-0.2, 0) is 10.2 Å². The number of hydrogen-bond donors (Lipinski definition) is 1. The SMILES string of the molecule is COc1cccc(C(CNS(=O)(=O)N(C)CCC#N)N2CCCC2)c1. The molecule has 0 saturated carbocycles. The van der Waals surface area contributed by atoms with E-state index >= 15 is 0 Å².